The molecule has 0 saturated heterocycles. The van der Waals surface area contributed by atoms with Crippen molar-refractivity contribution in [3.05, 3.63) is 49.8 Å². The molecule has 0 aliphatic heterocycles. The van der Waals surface area contributed by atoms with Crippen molar-refractivity contribution in [3.63, 3.8) is 0 Å². The van der Waals surface area contributed by atoms with Crippen molar-refractivity contribution in [3.8, 4) is 5.75 Å². The van der Waals surface area contributed by atoms with Crippen LogP contribution in [0.3, 0.4) is 0 Å². The van der Waals surface area contributed by atoms with Gasteiger partial charge < -0.3 is 15.7 Å². The number of carbonyl (C=O) groups excluding carboxylic acids is 1. The van der Waals surface area contributed by atoms with Crippen LogP contribution in [0.25, 0.3) is 0 Å². The molecule has 0 heterocycles. The van der Waals surface area contributed by atoms with Crippen LogP contribution in [0, 0.1) is 6.92 Å². The second-order valence-corrected chi connectivity index (χ2v) is 4.06. The van der Waals surface area contributed by atoms with Crippen LogP contribution in [0.5, 0.6) is 5.75 Å². The molecule has 0 unspecified atom stereocenters. The van der Waals surface area contributed by atoms with Crippen LogP contribution in [-0.4, -0.2) is 18.1 Å². The number of phenols is 1. The molecule has 0 atom stereocenters. The SMILES string of the molecule is CNC(=O)c1cccc(Nc2c(C)c(=O)c2=O)c1O. The normalized spacial score (nSPS) is 10.4. The molecule has 2 aromatic rings. The summed E-state index contributed by atoms with van der Waals surface area (Å²) in [5.41, 5.74) is -0.407. The van der Waals surface area contributed by atoms with Crippen molar-refractivity contribution in [2.24, 2.45) is 0 Å². The number of para-hydroxylation sites is 1. The maximum atomic E-state index is 11.5. The van der Waals surface area contributed by atoms with Gasteiger partial charge in [-0.25, -0.2) is 0 Å². The Labute approximate surface area is 108 Å². The first-order chi connectivity index (χ1) is 8.97. The Balaban J connectivity index is 2.40. The van der Waals surface area contributed by atoms with Crippen LogP contribution >= 0.6 is 0 Å². The Morgan fingerprint density at radius 2 is 1.89 bits per heavy atom. The minimum atomic E-state index is -0.623. The third kappa shape index (κ3) is 1.97. The Morgan fingerprint density at radius 3 is 2.47 bits per heavy atom. The van der Waals surface area contributed by atoms with E-state index in [2.05, 4.69) is 10.6 Å². The molecule has 3 N–H and O–H groups in total. The second kappa shape index (κ2) is 4.56. The lowest BCUT2D eigenvalue weighted by Crippen LogP contribution is -2.36. The molecule has 0 aromatic heterocycles. The van der Waals surface area contributed by atoms with Gasteiger partial charge in [-0.3, -0.25) is 14.4 Å². The maximum absolute atomic E-state index is 11.5. The summed E-state index contributed by atoms with van der Waals surface area (Å²) >= 11 is 0. The van der Waals surface area contributed by atoms with Crippen molar-refractivity contribution in [1.82, 2.24) is 5.32 Å². The lowest BCUT2D eigenvalue weighted by atomic mass is 10.1. The van der Waals surface area contributed by atoms with E-state index in [1.807, 2.05) is 0 Å². The lowest BCUT2D eigenvalue weighted by molar-refractivity contribution is 0.0960. The van der Waals surface area contributed by atoms with Crippen LogP contribution in [0.2, 0.25) is 0 Å². The molecule has 19 heavy (non-hydrogen) atoms. The molecule has 6 nitrogen and oxygen atoms in total. The van der Waals surface area contributed by atoms with Gasteiger partial charge in [-0.2, -0.15) is 0 Å². The van der Waals surface area contributed by atoms with Crippen molar-refractivity contribution in [2.45, 2.75) is 6.92 Å². The largest absolute Gasteiger partial charge is 0.505 e. The van der Waals surface area contributed by atoms with E-state index in [-0.39, 0.29) is 22.7 Å². The number of aromatic hydroxyl groups is 1. The first kappa shape index (κ1) is 12.8. The number of rotatable bonds is 3. The van der Waals surface area contributed by atoms with E-state index in [1.165, 1.54) is 26.1 Å². The minimum absolute atomic E-state index is 0.0869. The third-order valence-electron chi connectivity index (χ3n) is 2.92. The monoisotopic (exact) mass is 260 g/mol. The fourth-order valence-corrected chi connectivity index (χ4v) is 1.75. The van der Waals surface area contributed by atoms with Crippen molar-refractivity contribution in [2.75, 3.05) is 12.4 Å². The highest BCUT2D eigenvalue weighted by atomic mass is 16.3. The molecule has 6 heteroatoms. The van der Waals surface area contributed by atoms with Gasteiger partial charge in [-0.1, -0.05) is 6.07 Å². The van der Waals surface area contributed by atoms with Crippen LogP contribution in [0.1, 0.15) is 15.9 Å². The van der Waals surface area contributed by atoms with Crippen LogP contribution in [-0.2, 0) is 0 Å². The van der Waals surface area contributed by atoms with E-state index in [0.717, 1.165) is 0 Å². The zero-order chi connectivity index (χ0) is 14.2. The summed E-state index contributed by atoms with van der Waals surface area (Å²) in [7, 11) is 1.45. The van der Waals surface area contributed by atoms with E-state index >= 15 is 0 Å². The smallest absolute Gasteiger partial charge is 0.254 e. The number of anilines is 2. The minimum Gasteiger partial charge on any atom is -0.505 e. The van der Waals surface area contributed by atoms with Gasteiger partial charge in [0.25, 0.3) is 5.91 Å². The highest BCUT2D eigenvalue weighted by Crippen LogP contribution is 2.29. The number of phenolic OH excluding ortho intramolecular Hbond substituents is 1. The van der Waals surface area contributed by atoms with Crippen molar-refractivity contribution >= 4 is 17.3 Å². The number of nitrogens with one attached hydrogen (secondary N) is 2. The van der Waals surface area contributed by atoms with Gasteiger partial charge in [0.2, 0.25) is 10.9 Å². The highest BCUT2D eigenvalue weighted by Gasteiger charge is 2.19. The quantitative estimate of drug-likeness (QED) is 0.548. The molecular weight excluding hydrogens is 248 g/mol. The van der Waals surface area contributed by atoms with Crippen LogP contribution in [0.15, 0.2) is 27.8 Å². The molecule has 0 bridgehead atoms. The number of amides is 1. The molecule has 2 rings (SSSR count). The van der Waals surface area contributed by atoms with Crippen molar-refractivity contribution < 1.29 is 9.90 Å². The van der Waals surface area contributed by atoms with Gasteiger partial charge in [-0.05, 0) is 19.1 Å². The zero-order valence-corrected chi connectivity index (χ0v) is 10.4. The number of benzene rings is 1. The molecule has 1 amide bonds. The van der Waals surface area contributed by atoms with E-state index in [9.17, 15) is 19.5 Å². The van der Waals surface area contributed by atoms with Crippen molar-refractivity contribution in [1.29, 1.82) is 0 Å². The highest BCUT2D eigenvalue weighted by molar-refractivity contribution is 5.98. The topological polar surface area (TPSA) is 95.5 Å². The molecule has 0 saturated carbocycles. The summed E-state index contributed by atoms with van der Waals surface area (Å²) in [4.78, 5) is 33.9. The maximum Gasteiger partial charge on any atom is 0.254 e. The standard InChI is InChI=1S/C13H12N2O4/c1-6-9(12(18)10(6)16)15-8-5-3-4-7(11(8)17)13(19)14-2/h3-5,15,17H,1-2H3,(H,14,19). The summed E-state index contributed by atoms with van der Waals surface area (Å²) in [5, 5.41) is 15.0. The molecule has 98 valence electrons. The molecule has 0 aliphatic carbocycles. The predicted molar refractivity (Wildman–Crippen MR) is 70.9 cm³/mol. The zero-order valence-electron chi connectivity index (χ0n) is 10.4. The van der Waals surface area contributed by atoms with Crippen LogP contribution < -0.4 is 21.5 Å². The molecule has 0 radical (unpaired) electrons. The molecule has 0 fully saturated rings. The third-order valence-corrected chi connectivity index (χ3v) is 2.92. The van der Waals surface area contributed by atoms with Gasteiger partial charge in [0.05, 0.1) is 16.9 Å². The molecule has 0 spiro atoms. The summed E-state index contributed by atoms with van der Waals surface area (Å²) in [6.07, 6.45) is 0. The van der Waals surface area contributed by atoms with E-state index < -0.39 is 16.8 Å². The van der Waals surface area contributed by atoms with E-state index in [4.69, 9.17) is 0 Å². The van der Waals surface area contributed by atoms with Gasteiger partial charge in [0.1, 0.15) is 0 Å². The first-order valence-corrected chi connectivity index (χ1v) is 5.58. The molecule has 2 aromatic carbocycles. The average molecular weight is 260 g/mol. The van der Waals surface area contributed by atoms with E-state index in [0.29, 0.717) is 5.56 Å². The number of carbonyl (C=O) groups is 1. The van der Waals surface area contributed by atoms with Gasteiger partial charge in [0.15, 0.2) is 5.75 Å². The summed E-state index contributed by atoms with van der Waals surface area (Å²) in [5.74, 6) is -0.711. The Morgan fingerprint density at radius 1 is 1.21 bits per heavy atom. The fourth-order valence-electron chi connectivity index (χ4n) is 1.75. The first-order valence-electron chi connectivity index (χ1n) is 5.58. The lowest BCUT2D eigenvalue weighted by Gasteiger charge is -2.13. The summed E-state index contributed by atoms with van der Waals surface area (Å²) < 4.78 is 0. The van der Waals surface area contributed by atoms with Gasteiger partial charge in [-0.15, -0.1) is 0 Å². The molecular formula is C13H12N2O4. The fraction of sp³-hybridized carbons (Fsp3) is 0.154. The van der Waals surface area contributed by atoms with Gasteiger partial charge >= 0.3 is 0 Å². The Hall–Kier alpha value is -2.63. The molecule has 0 aliphatic rings. The average Bonchev–Trinajstić information content (AvgIpc) is 2.44. The Kier molecular flexibility index (Phi) is 3.08. The summed E-state index contributed by atoms with van der Waals surface area (Å²) in [6.45, 7) is 1.52. The van der Waals surface area contributed by atoms with E-state index in [1.54, 1.807) is 6.07 Å². The Bertz CT molecular complexity index is 727. The second-order valence-electron chi connectivity index (χ2n) is 4.06. The summed E-state index contributed by atoms with van der Waals surface area (Å²) in [6, 6.07) is 4.53. The van der Waals surface area contributed by atoms with Crippen LogP contribution in [0.4, 0.5) is 11.4 Å². The number of hydrogen-bond donors (Lipinski definition) is 3. The predicted octanol–water partition coefficient (Wildman–Crippen LogP) is 0.400. The van der Waals surface area contributed by atoms with Gasteiger partial charge in [0, 0.05) is 12.6 Å². The number of hydrogen-bond acceptors (Lipinski definition) is 5.